The van der Waals surface area contributed by atoms with Gasteiger partial charge in [0, 0.05) is 30.4 Å². The number of nitrogens with one attached hydrogen (secondary N) is 2. The zero-order chi connectivity index (χ0) is 27.5. The molecule has 1 saturated heterocycles. The quantitative estimate of drug-likeness (QED) is 0.246. The summed E-state index contributed by atoms with van der Waals surface area (Å²) in [6.45, 7) is 4.31. The fourth-order valence-electron chi connectivity index (χ4n) is 4.73. The van der Waals surface area contributed by atoms with Gasteiger partial charge in [-0.2, -0.15) is 0 Å². The van der Waals surface area contributed by atoms with Crippen molar-refractivity contribution in [3.05, 3.63) is 107 Å². The van der Waals surface area contributed by atoms with Gasteiger partial charge in [0.1, 0.15) is 17.6 Å². The van der Waals surface area contributed by atoms with Gasteiger partial charge >= 0.3 is 5.97 Å². The molecular formula is C30H28N4O4S. The van der Waals surface area contributed by atoms with E-state index in [0.717, 1.165) is 22.5 Å². The van der Waals surface area contributed by atoms with E-state index in [1.807, 2.05) is 67.3 Å². The number of aromatic nitrogens is 1. The van der Waals surface area contributed by atoms with Crippen LogP contribution in [0.15, 0.2) is 83.4 Å². The van der Waals surface area contributed by atoms with Gasteiger partial charge in [0.05, 0.1) is 17.3 Å². The highest BCUT2D eigenvalue weighted by Gasteiger charge is 2.41. The smallest absolute Gasteiger partial charge is 0.335 e. The highest BCUT2D eigenvalue weighted by atomic mass is 32.1. The number of carbonyl (C=O) groups is 2. The minimum atomic E-state index is -1.01. The maximum atomic E-state index is 12.9. The van der Waals surface area contributed by atoms with Crippen LogP contribution in [0.4, 0.5) is 5.69 Å². The first kappa shape index (κ1) is 26.1. The molecule has 4 aromatic rings. The monoisotopic (exact) mass is 540 g/mol. The van der Waals surface area contributed by atoms with Crippen molar-refractivity contribution < 1.29 is 19.1 Å². The van der Waals surface area contributed by atoms with Crippen molar-refractivity contribution in [3.63, 3.8) is 0 Å². The highest BCUT2D eigenvalue weighted by molar-refractivity contribution is 7.80. The number of aryl methyl sites for hydroxylation is 2. The molecule has 2 aromatic heterocycles. The van der Waals surface area contributed by atoms with Gasteiger partial charge in [-0.1, -0.05) is 30.3 Å². The fourth-order valence-corrected chi connectivity index (χ4v) is 5.06. The van der Waals surface area contributed by atoms with E-state index in [2.05, 4.69) is 15.6 Å². The zero-order valence-electron chi connectivity index (χ0n) is 21.5. The van der Waals surface area contributed by atoms with E-state index in [4.69, 9.17) is 16.6 Å². The van der Waals surface area contributed by atoms with Crippen LogP contribution in [0, 0.1) is 13.8 Å². The second-order valence-corrected chi connectivity index (χ2v) is 9.91. The van der Waals surface area contributed by atoms with Crippen molar-refractivity contribution in [1.29, 1.82) is 0 Å². The highest BCUT2D eigenvalue weighted by Crippen LogP contribution is 2.40. The molecule has 1 aliphatic rings. The van der Waals surface area contributed by atoms with Gasteiger partial charge in [-0.3, -0.25) is 9.78 Å². The first-order valence-corrected chi connectivity index (χ1v) is 13.0. The third kappa shape index (κ3) is 5.68. The minimum absolute atomic E-state index is 0.114. The molecular weight excluding hydrogens is 512 g/mol. The van der Waals surface area contributed by atoms with Crippen molar-refractivity contribution in [2.24, 2.45) is 0 Å². The summed E-state index contributed by atoms with van der Waals surface area (Å²) < 4.78 is 6.29. The van der Waals surface area contributed by atoms with Crippen molar-refractivity contribution in [2.75, 3.05) is 11.9 Å². The first-order chi connectivity index (χ1) is 18.8. The van der Waals surface area contributed by atoms with Gasteiger partial charge in [-0.15, -0.1) is 0 Å². The number of carboxylic acids is 1. The molecule has 0 aliphatic carbocycles. The summed E-state index contributed by atoms with van der Waals surface area (Å²) >= 11 is 5.71. The van der Waals surface area contributed by atoms with Crippen molar-refractivity contribution in [3.8, 4) is 11.3 Å². The van der Waals surface area contributed by atoms with E-state index in [1.54, 1.807) is 24.4 Å². The van der Waals surface area contributed by atoms with E-state index >= 15 is 0 Å². The van der Waals surface area contributed by atoms with Gasteiger partial charge in [-0.25, -0.2) is 4.79 Å². The number of furan rings is 1. The lowest BCUT2D eigenvalue weighted by atomic mass is 10.0. The SMILES string of the molecule is Cc1ccc(C)c(NC(=O)CCN2C(=S)N[C@@H](c3ccccn3)[C@H]2c2ccc(-c3cccc(C(=O)O)c3)o2)c1. The lowest BCUT2D eigenvalue weighted by Gasteiger charge is -2.26. The lowest BCUT2D eigenvalue weighted by Crippen LogP contribution is -2.32. The predicted molar refractivity (Wildman–Crippen MR) is 152 cm³/mol. The van der Waals surface area contributed by atoms with Crippen LogP contribution in [0.5, 0.6) is 0 Å². The summed E-state index contributed by atoms with van der Waals surface area (Å²) in [4.78, 5) is 30.9. The molecule has 5 rings (SSSR count). The number of benzene rings is 2. The van der Waals surface area contributed by atoms with E-state index in [0.29, 0.717) is 28.7 Å². The van der Waals surface area contributed by atoms with Crippen LogP contribution in [0.3, 0.4) is 0 Å². The Kier molecular flexibility index (Phi) is 7.42. The predicted octanol–water partition coefficient (Wildman–Crippen LogP) is 5.66. The van der Waals surface area contributed by atoms with Crippen LogP contribution >= 0.6 is 12.2 Å². The number of aromatic carboxylic acids is 1. The minimum Gasteiger partial charge on any atom is -0.478 e. The first-order valence-electron chi connectivity index (χ1n) is 12.6. The second-order valence-electron chi connectivity index (χ2n) is 9.52. The Morgan fingerprint density at radius 1 is 1.08 bits per heavy atom. The molecule has 3 N–H and O–H groups in total. The van der Waals surface area contributed by atoms with Crippen LogP contribution in [0.25, 0.3) is 11.3 Å². The number of amides is 1. The molecule has 1 aliphatic heterocycles. The molecule has 0 saturated carbocycles. The van der Waals surface area contributed by atoms with E-state index in [1.165, 1.54) is 6.07 Å². The van der Waals surface area contributed by atoms with E-state index < -0.39 is 5.97 Å². The van der Waals surface area contributed by atoms with E-state index in [-0.39, 0.29) is 30.0 Å². The van der Waals surface area contributed by atoms with E-state index in [9.17, 15) is 14.7 Å². The summed E-state index contributed by atoms with van der Waals surface area (Å²) in [6, 6.07) is 21.3. The number of pyridine rings is 1. The third-order valence-electron chi connectivity index (χ3n) is 6.76. The zero-order valence-corrected chi connectivity index (χ0v) is 22.4. The standard InChI is InChI=1S/C30H28N4O4S/c1-18-9-10-19(2)23(16-18)32-26(35)13-15-34-28(27(33-30(34)39)22-8-3-4-14-31-22)25-12-11-24(38-25)20-6-5-7-21(17-20)29(36)37/h3-12,14,16-17,27-28H,13,15H2,1-2H3,(H,32,35)(H,33,39)(H,36,37)/t27-,28+/m0/s1. The maximum Gasteiger partial charge on any atom is 0.335 e. The average Bonchev–Trinajstić information content (AvgIpc) is 3.54. The molecule has 0 radical (unpaired) electrons. The number of carboxylic acid groups (broad SMARTS) is 1. The average molecular weight is 541 g/mol. The van der Waals surface area contributed by atoms with Crippen molar-refractivity contribution >= 4 is 34.9 Å². The number of nitrogens with zero attached hydrogens (tertiary/aromatic N) is 2. The number of rotatable bonds is 8. The Hall–Kier alpha value is -4.50. The number of carbonyl (C=O) groups excluding carboxylic acids is 1. The third-order valence-corrected chi connectivity index (χ3v) is 7.11. The largest absolute Gasteiger partial charge is 0.478 e. The Morgan fingerprint density at radius 2 is 1.92 bits per heavy atom. The summed E-state index contributed by atoms with van der Waals surface area (Å²) in [7, 11) is 0. The lowest BCUT2D eigenvalue weighted by molar-refractivity contribution is -0.116. The Balaban J connectivity index is 1.41. The Bertz CT molecular complexity index is 1530. The second kappa shape index (κ2) is 11.1. The van der Waals surface area contributed by atoms with Crippen LogP contribution in [-0.2, 0) is 4.79 Å². The number of thiocarbonyl (C=S) groups is 1. The van der Waals surface area contributed by atoms with Crippen molar-refractivity contribution in [2.45, 2.75) is 32.4 Å². The fraction of sp³-hybridized carbons (Fsp3) is 0.200. The number of anilines is 1. The maximum absolute atomic E-state index is 12.9. The topological polar surface area (TPSA) is 108 Å². The summed E-state index contributed by atoms with van der Waals surface area (Å²) in [6.07, 6.45) is 1.94. The molecule has 0 unspecified atom stereocenters. The van der Waals surface area contributed by atoms with Crippen LogP contribution in [0.1, 0.15) is 51.4 Å². The summed E-state index contributed by atoms with van der Waals surface area (Å²) in [5.41, 5.74) is 4.49. The van der Waals surface area contributed by atoms with Gasteiger partial charge in [0.2, 0.25) is 5.91 Å². The normalized spacial score (nSPS) is 16.7. The molecule has 198 valence electrons. The van der Waals surface area contributed by atoms with Gasteiger partial charge < -0.3 is 25.1 Å². The molecule has 9 heteroatoms. The summed E-state index contributed by atoms with van der Waals surface area (Å²) in [5.74, 6) is 0.0497. The summed E-state index contributed by atoms with van der Waals surface area (Å²) in [5, 5.41) is 16.3. The Morgan fingerprint density at radius 3 is 2.69 bits per heavy atom. The van der Waals surface area contributed by atoms with Gasteiger partial charge in [0.25, 0.3) is 0 Å². The number of hydrogen-bond donors (Lipinski definition) is 3. The molecule has 0 spiro atoms. The molecule has 2 atom stereocenters. The molecule has 8 nitrogen and oxygen atoms in total. The number of hydrogen-bond acceptors (Lipinski definition) is 5. The van der Waals surface area contributed by atoms with Gasteiger partial charge in [0.15, 0.2) is 5.11 Å². The molecule has 1 fully saturated rings. The molecule has 0 bridgehead atoms. The van der Waals surface area contributed by atoms with Crippen molar-refractivity contribution in [1.82, 2.24) is 15.2 Å². The van der Waals surface area contributed by atoms with Gasteiger partial charge in [-0.05, 0) is 79.7 Å². The molecule has 3 heterocycles. The molecule has 39 heavy (non-hydrogen) atoms. The van der Waals surface area contributed by atoms with Crippen LogP contribution in [0.2, 0.25) is 0 Å². The molecule has 1 amide bonds. The Labute approximate surface area is 231 Å². The molecule has 2 aromatic carbocycles. The van der Waals surface area contributed by atoms with Crippen LogP contribution < -0.4 is 10.6 Å². The van der Waals surface area contributed by atoms with Crippen LogP contribution in [-0.4, -0.2) is 38.5 Å².